The first kappa shape index (κ1) is 30.7. The Morgan fingerprint density at radius 3 is 2.30 bits per heavy atom. The molecule has 3 amide bonds. The third-order valence-electron chi connectivity index (χ3n) is 6.68. The Bertz CT molecular complexity index is 916. The summed E-state index contributed by atoms with van der Waals surface area (Å²) in [5.74, 6) is -0.253. The fraction of sp³-hybridized carbons (Fsp3) is 0.700. The second-order valence-corrected chi connectivity index (χ2v) is 12.0. The summed E-state index contributed by atoms with van der Waals surface area (Å²) in [4.78, 5) is 42.4. The molecule has 37 heavy (non-hydrogen) atoms. The maximum Gasteiger partial charge on any atom is 0.408 e. The van der Waals surface area contributed by atoms with Gasteiger partial charge in [-0.1, -0.05) is 63.8 Å². The summed E-state index contributed by atoms with van der Waals surface area (Å²) in [5, 5.41) is 6.08. The lowest BCUT2D eigenvalue weighted by molar-refractivity contribution is -0.143. The van der Waals surface area contributed by atoms with E-state index < -0.39 is 23.8 Å². The van der Waals surface area contributed by atoms with Crippen LogP contribution in [0.2, 0.25) is 0 Å². The van der Waals surface area contributed by atoms with E-state index in [4.69, 9.17) is 4.74 Å². The summed E-state index contributed by atoms with van der Waals surface area (Å²) in [7, 11) is 0. The average Bonchev–Trinajstić information content (AvgIpc) is 2.79. The zero-order valence-corrected chi connectivity index (χ0v) is 24.3. The molecule has 7 heteroatoms. The molecule has 0 aliphatic heterocycles. The predicted octanol–water partition coefficient (Wildman–Crippen LogP) is 5.97. The molecule has 1 aliphatic carbocycles. The number of nitrogens with zero attached hydrogens (tertiary/aromatic N) is 1. The van der Waals surface area contributed by atoms with E-state index in [1.165, 1.54) is 6.42 Å². The molecule has 0 bridgehead atoms. The van der Waals surface area contributed by atoms with Crippen LogP contribution in [-0.2, 0) is 14.3 Å². The van der Waals surface area contributed by atoms with Gasteiger partial charge in [-0.3, -0.25) is 9.59 Å². The van der Waals surface area contributed by atoms with Crippen LogP contribution in [0.5, 0.6) is 0 Å². The molecule has 2 unspecified atom stereocenters. The van der Waals surface area contributed by atoms with Crippen molar-refractivity contribution in [2.45, 2.75) is 124 Å². The molecule has 0 aromatic heterocycles. The standard InChI is InChI=1S/C30H49N3O4/c1-9-17-33(28(35)25(18-20(2)3)32-29(36)37-30(6,7)8)26(24-19-21(4)15-16-22(24)5)27(34)31-23-13-11-10-12-14-23/h15-16,19-20,23,25-26H,9-14,17-18H2,1-8H3,(H,31,34)(H,32,36). The molecule has 0 saturated heterocycles. The first-order valence-electron chi connectivity index (χ1n) is 14.0. The van der Waals surface area contributed by atoms with E-state index in [2.05, 4.69) is 10.6 Å². The molecule has 7 nitrogen and oxygen atoms in total. The quantitative estimate of drug-likeness (QED) is 0.402. The van der Waals surface area contributed by atoms with E-state index in [9.17, 15) is 14.4 Å². The molecule has 0 heterocycles. The van der Waals surface area contributed by atoms with Gasteiger partial charge in [-0.15, -0.1) is 0 Å². The van der Waals surface area contributed by atoms with Gasteiger partial charge in [0.2, 0.25) is 11.8 Å². The molecule has 0 spiro atoms. The summed E-state index contributed by atoms with van der Waals surface area (Å²) in [6.07, 6.45) is 5.83. The zero-order valence-electron chi connectivity index (χ0n) is 24.3. The predicted molar refractivity (Wildman–Crippen MR) is 148 cm³/mol. The molecule has 1 aromatic rings. The van der Waals surface area contributed by atoms with Crippen molar-refractivity contribution in [2.24, 2.45) is 5.92 Å². The normalized spacial score (nSPS) is 16.1. The number of carbonyl (C=O) groups is 3. The number of ether oxygens (including phenoxy) is 1. The zero-order chi connectivity index (χ0) is 27.8. The highest BCUT2D eigenvalue weighted by Crippen LogP contribution is 2.29. The van der Waals surface area contributed by atoms with Crippen molar-refractivity contribution < 1.29 is 19.1 Å². The average molecular weight is 516 g/mol. The second kappa shape index (κ2) is 13.8. The SMILES string of the molecule is CCCN(C(=O)C(CC(C)C)NC(=O)OC(C)(C)C)C(C(=O)NC1CCCCC1)c1cc(C)ccc1C. The maximum atomic E-state index is 14.2. The van der Waals surface area contributed by atoms with Crippen LogP contribution in [0.1, 0.15) is 109 Å². The van der Waals surface area contributed by atoms with Gasteiger partial charge in [0.15, 0.2) is 0 Å². The number of hydrogen-bond acceptors (Lipinski definition) is 4. The van der Waals surface area contributed by atoms with Crippen molar-refractivity contribution in [1.29, 1.82) is 0 Å². The Kier molecular flexibility index (Phi) is 11.5. The Balaban J connectivity index is 2.47. The Morgan fingerprint density at radius 1 is 1.08 bits per heavy atom. The Hall–Kier alpha value is -2.57. The maximum absolute atomic E-state index is 14.2. The van der Waals surface area contributed by atoms with Gasteiger partial charge in [0.05, 0.1) is 0 Å². The van der Waals surface area contributed by atoms with Crippen molar-refractivity contribution in [2.75, 3.05) is 6.54 Å². The lowest BCUT2D eigenvalue weighted by Crippen LogP contribution is -2.54. The van der Waals surface area contributed by atoms with Crippen LogP contribution in [0, 0.1) is 19.8 Å². The molecular formula is C30H49N3O4. The van der Waals surface area contributed by atoms with Gasteiger partial charge < -0.3 is 20.3 Å². The Labute approximate surface area is 224 Å². The smallest absolute Gasteiger partial charge is 0.408 e. The summed E-state index contributed by atoms with van der Waals surface area (Å²) in [6.45, 7) is 15.8. The van der Waals surface area contributed by atoms with Crippen molar-refractivity contribution in [3.8, 4) is 0 Å². The van der Waals surface area contributed by atoms with Crippen LogP contribution in [0.25, 0.3) is 0 Å². The Morgan fingerprint density at radius 2 is 1.73 bits per heavy atom. The van der Waals surface area contributed by atoms with E-state index in [1.807, 2.05) is 52.8 Å². The topological polar surface area (TPSA) is 87.7 Å². The van der Waals surface area contributed by atoms with E-state index in [0.717, 1.165) is 42.4 Å². The number of aryl methyl sites for hydroxylation is 2. The van der Waals surface area contributed by atoms with Gasteiger partial charge in [0, 0.05) is 12.6 Å². The minimum atomic E-state index is -0.795. The van der Waals surface area contributed by atoms with Crippen LogP contribution in [-0.4, -0.2) is 47.0 Å². The van der Waals surface area contributed by atoms with E-state index >= 15 is 0 Å². The summed E-state index contributed by atoms with van der Waals surface area (Å²) in [6, 6.07) is 4.59. The molecular weight excluding hydrogens is 466 g/mol. The van der Waals surface area contributed by atoms with Crippen molar-refractivity contribution in [3.63, 3.8) is 0 Å². The minimum Gasteiger partial charge on any atom is -0.444 e. The molecule has 2 atom stereocenters. The summed E-state index contributed by atoms with van der Waals surface area (Å²) in [5.41, 5.74) is 2.14. The van der Waals surface area contributed by atoms with E-state index in [0.29, 0.717) is 19.4 Å². The van der Waals surface area contributed by atoms with Crippen LogP contribution >= 0.6 is 0 Å². The largest absolute Gasteiger partial charge is 0.444 e. The third kappa shape index (κ3) is 9.67. The van der Waals surface area contributed by atoms with Crippen LogP contribution < -0.4 is 10.6 Å². The molecule has 1 aliphatic rings. The van der Waals surface area contributed by atoms with E-state index in [1.54, 1.807) is 25.7 Å². The summed E-state index contributed by atoms with van der Waals surface area (Å²) < 4.78 is 5.47. The van der Waals surface area contributed by atoms with Gasteiger partial charge in [-0.25, -0.2) is 4.79 Å². The van der Waals surface area contributed by atoms with Gasteiger partial charge in [0.1, 0.15) is 17.7 Å². The van der Waals surface area contributed by atoms with Gasteiger partial charge in [-0.2, -0.15) is 0 Å². The van der Waals surface area contributed by atoms with Crippen LogP contribution in [0.4, 0.5) is 4.79 Å². The van der Waals surface area contributed by atoms with Crippen molar-refractivity contribution >= 4 is 17.9 Å². The number of carbonyl (C=O) groups excluding carboxylic acids is 3. The molecule has 208 valence electrons. The van der Waals surface area contributed by atoms with Gasteiger partial charge in [0.25, 0.3) is 0 Å². The minimum absolute atomic E-state index is 0.124. The lowest BCUT2D eigenvalue weighted by atomic mass is 9.92. The van der Waals surface area contributed by atoms with Gasteiger partial charge >= 0.3 is 6.09 Å². The number of nitrogens with one attached hydrogen (secondary N) is 2. The first-order valence-corrected chi connectivity index (χ1v) is 14.0. The van der Waals surface area contributed by atoms with E-state index in [-0.39, 0.29) is 23.8 Å². The second-order valence-electron chi connectivity index (χ2n) is 12.0. The number of hydrogen-bond donors (Lipinski definition) is 2. The highest BCUT2D eigenvalue weighted by atomic mass is 16.6. The van der Waals surface area contributed by atoms with Crippen molar-refractivity contribution in [1.82, 2.24) is 15.5 Å². The first-order chi connectivity index (χ1) is 17.3. The lowest BCUT2D eigenvalue weighted by Gasteiger charge is -2.36. The number of alkyl carbamates (subject to hydrolysis) is 1. The molecule has 2 N–H and O–H groups in total. The highest BCUT2D eigenvalue weighted by molar-refractivity contribution is 5.92. The number of rotatable bonds is 10. The fourth-order valence-corrected chi connectivity index (χ4v) is 4.98. The fourth-order valence-electron chi connectivity index (χ4n) is 4.98. The van der Waals surface area contributed by atoms with Gasteiger partial charge in [-0.05, 0) is 77.3 Å². The molecule has 1 fully saturated rings. The van der Waals surface area contributed by atoms with Crippen molar-refractivity contribution in [3.05, 3.63) is 34.9 Å². The number of benzene rings is 1. The molecule has 1 saturated carbocycles. The van der Waals surface area contributed by atoms with Crippen LogP contribution in [0.3, 0.4) is 0 Å². The molecule has 1 aromatic carbocycles. The highest BCUT2D eigenvalue weighted by Gasteiger charge is 2.37. The monoisotopic (exact) mass is 515 g/mol. The summed E-state index contributed by atoms with van der Waals surface area (Å²) >= 11 is 0. The molecule has 2 rings (SSSR count). The number of amides is 3. The van der Waals surface area contributed by atoms with Crippen LogP contribution in [0.15, 0.2) is 18.2 Å². The molecule has 0 radical (unpaired) electrons. The third-order valence-corrected chi connectivity index (χ3v) is 6.68.